The summed E-state index contributed by atoms with van der Waals surface area (Å²) in [5.74, 6) is 0.383. The molecule has 0 aliphatic heterocycles. The van der Waals surface area contributed by atoms with Gasteiger partial charge >= 0.3 is 5.97 Å². The molecular weight excluding hydrogens is 438 g/mol. The zero-order valence-electron chi connectivity index (χ0n) is 21.4. The molecule has 35 heavy (non-hydrogen) atoms. The van der Waals surface area contributed by atoms with Crippen molar-refractivity contribution in [2.75, 3.05) is 19.8 Å². The Labute approximate surface area is 211 Å². The molecule has 0 bridgehead atoms. The zero-order valence-corrected chi connectivity index (χ0v) is 21.4. The lowest BCUT2D eigenvalue weighted by atomic mass is 9.94. The van der Waals surface area contributed by atoms with E-state index in [-0.39, 0.29) is 18.4 Å². The van der Waals surface area contributed by atoms with Crippen molar-refractivity contribution in [3.05, 3.63) is 54.1 Å². The summed E-state index contributed by atoms with van der Waals surface area (Å²) >= 11 is 0. The highest BCUT2D eigenvalue weighted by atomic mass is 16.5. The molecule has 5 heteroatoms. The van der Waals surface area contributed by atoms with Gasteiger partial charge in [-0.2, -0.15) is 5.26 Å². The predicted octanol–water partition coefficient (Wildman–Crippen LogP) is 7.19. The van der Waals surface area contributed by atoms with Gasteiger partial charge in [0, 0.05) is 6.61 Å². The van der Waals surface area contributed by atoms with Gasteiger partial charge in [0.2, 0.25) is 0 Å². The fraction of sp³-hybridized carbons (Fsp3) is 0.533. The maximum atomic E-state index is 12.3. The molecule has 2 aromatic carbocycles. The van der Waals surface area contributed by atoms with Crippen LogP contribution in [0.5, 0.6) is 5.75 Å². The fourth-order valence-electron chi connectivity index (χ4n) is 3.87. The number of rotatable bonds is 17. The van der Waals surface area contributed by atoms with E-state index in [0.717, 1.165) is 49.2 Å². The topological polar surface area (TPSA) is 79.5 Å². The van der Waals surface area contributed by atoms with E-state index < -0.39 is 5.97 Å². The van der Waals surface area contributed by atoms with Gasteiger partial charge in [0.1, 0.15) is 12.4 Å². The zero-order chi connectivity index (χ0) is 25.3. The number of benzene rings is 2. The van der Waals surface area contributed by atoms with Crippen LogP contribution < -0.4 is 4.74 Å². The molecule has 0 saturated carbocycles. The summed E-state index contributed by atoms with van der Waals surface area (Å²) in [6, 6.07) is 17.6. The molecule has 0 spiro atoms. The molecule has 0 aliphatic rings. The van der Waals surface area contributed by atoms with Gasteiger partial charge in [-0.1, -0.05) is 83.1 Å². The Morgan fingerprint density at radius 1 is 0.886 bits per heavy atom. The highest BCUT2D eigenvalue weighted by molar-refractivity contribution is 5.90. The van der Waals surface area contributed by atoms with E-state index in [0.29, 0.717) is 12.2 Å². The predicted molar refractivity (Wildman–Crippen MR) is 140 cm³/mol. The second kappa shape index (κ2) is 16.7. The Kier molecular flexibility index (Phi) is 13.6. The highest BCUT2D eigenvalue weighted by Crippen LogP contribution is 2.24. The molecular formula is C30H41NO4. The summed E-state index contributed by atoms with van der Waals surface area (Å²) in [6.07, 6.45) is 10.1. The number of nitriles is 1. The molecule has 190 valence electrons. The minimum absolute atomic E-state index is 0.124. The molecule has 5 nitrogen and oxygen atoms in total. The molecule has 0 heterocycles. The van der Waals surface area contributed by atoms with Gasteiger partial charge in [0.15, 0.2) is 0 Å². The Hall–Kier alpha value is -2.84. The van der Waals surface area contributed by atoms with Gasteiger partial charge in [-0.25, -0.2) is 4.79 Å². The number of hydrogen-bond donors (Lipinski definition) is 1. The molecule has 2 atom stereocenters. The smallest absolute Gasteiger partial charge is 0.338 e. The minimum Gasteiger partial charge on any atom is -0.494 e. The van der Waals surface area contributed by atoms with Crippen molar-refractivity contribution >= 4 is 5.97 Å². The highest BCUT2D eigenvalue weighted by Gasteiger charge is 2.18. The third kappa shape index (κ3) is 10.5. The van der Waals surface area contributed by atoms with Gasteiger partial charge < -0.3 is 14.6 Å². The van der Waals surface area contributed by atoms with Gasteiger partial charge in [0.25, 0.3) is 0 Å². The van der Waals surface area contributed by atoms with Crippen LogP contribution in [0.1, 0.15) is 82.0 Å². The van der Waals surface area contributed by atoms with E-state index >= 15 is 0 Å². The van der Waals surface area contributed by atoms with Gasteiger partial charge in [-0.3, -0.25) is 0 Å². The van der Waals surface area contributed by atoms with Crippen molar-refractivity contribution in [3.8, 4) is 22.9 Å². The lowest BCUT2D eigenvalue weighted by Crippen LogP contribution is -2.18. The van der Waals surface area contributed by atoms with Crippen LogP contribution in [0.4, 0.5) is 0 Å². The number of aliphatic hydroxyl groups is 1. The van der Waals surface area contributed by atoms with Crippen molar-refractivity contribution in [2.24, 2.45) is 11.8 Å². The Morgan fingerprint density at radius 3 is 1.97 bits per heavy atom. The lowest BCUT2D eigenvalue weighted by molar-refractivity contribution is 0.0439. The number of esters is 1. The SMILES string of the molecule is CCC(C)C(C#N)COC(=O)c1ccc(-c2ccc(OCCCCCCCCCCO)cc2)cc1. The summed E-state index contributed by atoms with van der Waals surface area (Å²) in [6.45, 7) is 5.19. The van der Waals surface area contributed by atoms with Crippen LogP contribution in [0.25, 0.3) is 11.1 Å². The number of ether oxygens (including phenoxy) is 2. The molecule has 2 unspecified atom stereocenters. The number of unbranched alkanes of at least 4 members (excludes halogenated alkanes) is 7. The van der Waals surface area contributed by atoms with Crippen LogP contribution in [0.15, 0.2) is 48.5 Å². The molecule has 0 fully saturated rings. The summed E-state index contributed by atoms with van der Waals surface area (Å²) in [5.41, 5.74) is 2.56. The molecule has 0 aromatic heterocycles. The average Bonchev–Trinajstić information content (AvgIpc) is 2.90. The third-order valence-electron chi connectivity index (χ3n) is 6.52. The molecule has 0 amide bonds. The minimum atomic E-state index is -0.398. The van der Waals surface area contributed by atoms with Crippen LogP contribution in [-0.4, -0.2) is 30.9 Å². The quantitative estimate of drug-likeness (QED) is 0.192. The van der Waals surface area contributed by atoms with E-state index in [4.69, 9.17) is 14.6 Å². The normalized spacial score (nSPS) is 12.5. The summed E-state index contributed by atoms with van der Waals surface area (Å²) in [7, 11) is 0. The number of nitrogens with zero attached hydrogens (tertiary/aromatic N) is 1. The average molecular weight is 480 g/mol. The number of carbonyl (C=O) groups excluding carboxylic acids is 1. The standard InChI is InChI=1S/C30H41NO4/c1-3-24(2)28(22-31)23-35-30(33)27-14-12-25(13-15-27)26-16-18-29(19-17-26)34-21-11-9-7-5-4-6-8-10-20-32/h12-19,24,28,32H,3-11,20-21,23H2,1-2H3. The first kappa shape index (κ1) is 28.4. The van der Waals surface area contributed by atoms with Gasteiger partial charge in [-0.15, -0.1) is 0 Å². The third-order valence-corrected chi connectivity index (χ3v) is 6.52. The maximum Gasteiger partial charge on any atom is 0.338 e. The van der Waals surface area contributed by atoms with E-state index in [1.165, 1.54) is 32.1 Å². The van der Waals surface area contributed by atoms with Crippen LogP contribution in [0, 0.1) is 23.2 Å². The largest absolute Gasteiger partial charge is 0.494 e. The van der Waals surface area contributed by atoms with Gasteiger partial charge in [0.05, 0.1) is 24.2 Å². The molecule has 2 aromatic rings. The van der Waals surface area contributed by atoms with E-state index in [9.17, 15) is 10.1 Å². The molecule has 2 rings (SSSR count). The van der Waals surface area contributed by atoms with Crippen LogP contribution in [0.3, 0.4) is 0 Å². The van der Waals surface area contributed by atoms with Crippen molar-refractivity contribution in [1.29, 1.82) is 5.26 Å². The van der Waals surface area contributed by atoms with Crippen molar-refractivity contribution < 1.29 is 19.4 Å². The van der Waals surface area contributed by atoms with E-state index in [1.807, 2.05) is 50.2 Å². The first-order chi connectivity index (χ1) is 17.1. The summed E-state index contributed by atoms with van der Waals surface area (Å²) in [5, 5.41) is 18.0. The first-order valence-corrected chi connectivity index (χ1v) is 13.1. The number of carbonyl (C=O) groups is 1. The van der Waals surface area contributed by atoms with Gasteiger partial charge in [-0.05, 0) is 54.2 Å². The first-order valence-electron chi connectivity index (χ1n) is 13.1. The fourth-order valence-corrected chi connectivity index (χ4v) is 3.87. The number of aliphatic hydroxyl groups excluding tert-OH is 1. The number of hydrogen-bond acceptors (Lipinski definition) is 5. The second-order valence-corrected chi connectivity index (χ2v) is 9.22. The van der Waals surface area contributed by atoms with Crippen molar-refractivity contribution in [3.63, 3.8) is 0 Å². The Balaban J connectivity index is 1.72. The van der Waals surface area contributed by atoms with Crippen LogP contribution in [-0.2, 0) is 4.74 Å². The molecule has 1 N–H and O–H groups in total. The Morgan fingerprint density at radius 2 is 1.43 bits per heavy atom. The summed E-state index contributed by atoms with van der Waals surface area (Å²) in [4.78, 5) is 12.3. The molecule has 0 radical (unpaired) electrons. The van der Waals surface area contributed by atoms with E-state index in [2.05, 4.69) is 6.07 Å². The molecule has 0 saturated heterocycles. The van der Waals surface area contributed by atoms with Crippen LogP contribution >= 0.6 is 0 Å². The lowest BCUT2D eigenvalue weighted by Gasteiger charge is -2.15. The Bertz CT molecular complexity index is 886. The second-order valence-electron chi connectivity index (χ2n) is 9.22. The van der Waals surface area contributed by atoms with E-state index in [1.54, 1.807) is 12.1 Å². The van der Waals surface area contributed by atoms with Crippen molar-refractivity contribution in [2.45, 2.75) is 71.6 Å². The maximum absolute atomic E-state index is 12.3. The molecule has 0 aliphatic carbocycles. The monoisotopic (exact) mass is 479 g/mol. The summed E-state index contributed by atoms with van der Waals surface area (Å²) < 4.78 is 11.2. The van der Waals surface area contributed by atoms with Crippen molar-refractivity contribution in [1.82, 2.24) is 0 Å². The van der Waals surface area contributed by atoms with Crippen LogP contribution in [0.2, 0.25) is 0 Å².